The van der Waals surface area contributed by atoms with Crippen molar-refractivity contribution in [2.45, 2.75) is 38.8 Å². The van der Waals surface area contributed by atoms with Crippen molar-refractivity contribution >= 4 is 40.0 Å². The van der Waals surface area contributed by atoms with Crippen LogP contribution in [-0.2, 0) is 4.79 Å². The molecule has 9 heteroatoms. The zero-order chi connectivity index (χ0) is 22.8. The number of alkyl halides is 3. The minimum atomic E-state index is -4.57. The Balaban J connectivity index is 2.13. The van der Waals surface area contributed by atoms with Crippen molar-refractivity contribution in [2.75, 3.05) is 12.4 Å². The molecule has 0 radical (unpaired) electrons. The topological polar surface area (TPSA) is 63.6 Å². The van der Waals surface area contributed by atoms with Gasteiger partial charge in [0.1, 0.15) is 5.75 Å². The number of carbonyl (C=O) groups is 2. The molecular weight excluding hydrogens is 453 g/mol. The lowest BCUT2D eigenvalue weighted by Gasteiger charge is -2.27. The van der Waals surface area contributed by atoms with Crippen LogP contribution in [0.15, 0.2) is 17.7 Å². The predicted molar refractivity (Wildman–Crippen MR) is 113 cm³/mol. The van der Waals surface area contributed by atoms with Crippen LogP contribution in [-0.4, -0.2) is 34.7 Å². The first-order valence-corrected chi connectivity index (χ1v) is 11.1. The fourth-order valence-electron chi connectivity index (χ4n) is 4.28. The van der Waals surface area contributed by atoms with Crippen molar-refractivity contribution in [2.24, 2.45) is 11.8 Å². The number of benzene rings is 1. The van der Waals surface area contributed by atoms with Crippen molar-refractivity contribution < 1.29 is 32.6 Å². The molecule has 2 aliphatic rings. The van der Waals surface area contributed by atoms with Gasteiger partial charge in [-0.25, -0.2) is 4.79 Å². The highest BCUT2D eigenvalue weighted by Crippen LogP contribution is 2.50. The van der Waals surface area contributed by atoms with Gasteiger partial charge in [-0.05, 0) is 62.4 Å². The zero-order valence-corrected chi connectivity index (χ0v) is 18.2. The minimum absolute atomic E-state index is 0.0775. The number of fused-ring (bicyclic) bond motifs is 2. The largest absolute Gasteiger partial charge is 0.483 e. The molecule has 0 heterocycles. The number of hydrogen-bond donors (Lipinski definition) is 1. The number of ketones is 1. The van der Waals surface area contributed by atoms with E-state index in [1.165, 1.54) is 12.1 Å². The van der Waals surface area contributed by atoms with Crippen molar-refractivity contribution in [1.29, 1.82) is 0 Å². The molecule has 0 aliphatic heterocycles. The van der Waals surface area contributed by atoms with E-state index in [1.54, 1.807) is 6.92 Å². The third kappa shape index (κ3) is 5.58. The molecule has 4 nitrogen and oxygen atoms in total. The summed E-state index contributed by atoms with van der Waals surface area (Å²) in [5.41, 5.74) is 1.55. The fraction of sp³-hybridized carbons (Fsp3) is 0.455. The molecule has 2 bridgehead atoms. The smallest absolute Gasteiger partial charge is 0.422 e. The number of halogens is 4. The number of carboxylic acid groups (broad SMARTS) is 1. The van der Waals surface area contributed by atoms with Gasteiger partial charge in [-0.15, -0.1) is 5.92 Å². The third-order valence-electron chi connectivity index (χ3n) is 5.43. The molecule has 1 N–H and O–H groups in total. The van der Waals surface area contributed by atoms with Gasteiger partial charge in [0.2, 0.25) is 0 Å². The maximum Gasteiger partial charge on any atom is 0.422 e. The maximum atomic E-state index is 13.3. The summed E-state index contributed by atoms with van der Waals surface area (Å²) < 4.78 is 43.7. The lowest BCUT2D eigenvalue weighted by molar-refractivity contribution is -0.153. The monoisotopic (exact) mass is 472 g/mol. The molecule has 1 fully saturated rings. The number of Topliss-reactive ketones (excluding diaryl/α,β-unsaturated/α-hetero) is 1. The van der Waals surface area contributed by atoms with Gasteiger partial charge in [-0.3, -0.25) is 4.79 Å². The summed E-state index contributed by atoms with van der Waals surface area (Å²) in [6.45, 7) is 0.0546. The van der Waals surface area contributed by atoms with E-state index in [1.807, 2.05) is 0 Å². The first kappa shape index (κ1) is 23.6. The van der Waals surface area contributed by atoms with Crippen LogP contribution in [0.1, 0.15) is 43.7 Å². The van der Waals surface area contributed by atoms with Crippen LogP contribution in [0.2, 0.25) is 5.02 Å². The summed E-state index contributed by atoms with van der Waals surface area (Å²) in [5.74, 6) is 5.22. The Kier molecular flexibility index (Phi) is 7.28. The summed E-state index contributed by atoms with van der Waals surface area (Å²) in [7, 11) is 0. The van der Waals surface area contributed by atoms with Gasteiger partial charge < -0.3 is 9.84 Å². The van der Waals surface area contributed by atoms with Crippen molar-refractivity contribution in [3.8, 4) is 17.6 Å². The molecule has 1 aromatic rings. The number of carbonyl (C=O) groups excluding carboxylic acids is 1. The van der Waals surface area contributed by atoms with Crippen LogP contribution < -0.4 is 4.74 Å². The van der Waals surface area contributed by atoms with Crippen molar-refractivity contribution in [1.82, 2.24) is 0 Å². The van der Waals surface area contributed by atoms with E-state index in [0.717, 1.165) is 23.8 Å². The Morgan fingerprint density at radius 1 is 1.32 bits per heavy atom. The third-order valence-corrected chi connectivity index (χ3v) is 6.38. The molecule has 1 saturated carbocycles. The van der Waals surface area contributed by atoms with Gasteiger partial charge in [-0.1, -0.05) is 23.1 Å². The molecule has 0 amide bonds. The average molecular weight is 473 g/mol. The second-order valence-corrected chi connectivity index (χ2v) is 8.90. The van der Waals surface area contributed by atoms with E-state index >= 15 is 0 Å². The zero-order valence-electron chi connectivity index (χ0n) is 16.6. The van der Waals surface area contributed by atoms with Gasteiger partial charge in [0.15, 0.2) is 12.4 Å². The number of hydrogen-bond acceptors (Lipinski definition) is 4. The van der Waals surface area contributed by atoms with E-state index in [0.29, 0.717) is 24.8 Å². The van der Waals surface area contributed by atoms with E-state index in [2.05, 4.69) is 11.8 Å². The summed E-state index contributed by atoms with van der Waals surface area (Å²) in [6.07, 6.45) is -2.09. The normalized spacial score (nSPS) is 20.5. The summed E-state index contributed by atoms with van der Waals surface area (Å²) in [4.78, 5) is 24.2. The molecule has 2 atom stereocenters. The summed E-state index contributed by atoms with van der Waals surface area (Å²) in [6, 6.07) is 2.87. The predicted octanol–water partition coefficient (Wildman–Crippen LogP) is 6.21. The Morgan fingerprint density at radius 2 is 2.03 bits per heavy atom. The lowest BCUT2D eigenvalue weighted by Crippen LogP contribution is -2.24. The molecule has 2 aliphatic carbocycles. The fourth-order valence-corrected chi connectivity index (χ4v) is 5.08. The highest BCUT2D eigenvalue weighted by atomic mass is 35.5. The van der Waals surface area contributed by atoms with Gasteiger partial charge in [0, 0.05) is 28.4 Å². The Morgan fingerprint density at radius 3 is 2.68 bits per heavy atom. The first-order valence-electron chi connectivity index (χ1n) is 9.70. The number of ether oxygens (including phenoxy) is 1. The SMILES string of the molecule is CC#Cc1cc(Cl)c(C2=C(CCSC(=O)O)C3CCC(C3)C2=O)c(OCC(F)(F)F)c1. The summed E-state index contributed by atoms with van der Waals surface area (Å²) >= 11 is 7.19. The van der Waals surface area contributed by atoms with E-state index in [-0.39, 0.29) is 45.3 Å². The van der Waals surface area contributed by atoms with Crippen LogP contribution in [0.3, 0.4) is 0 Å². The summed E-state index contributed by atoms with van der Waals surface area (Å²) in [5, 5.41) is 8.01. The molecule has 2 unspecified atom stereocenters. The molecule has 31 heavy (non-hydrogen) atoms. The molecule has 3 rings (SSSR count). The van der Waals surface area contributed by atoms with Gasteiger partial charge in [0.05, 0.1) is 5.02 Å². The number of rotatable bonds is 6. The molecule has 0 aromatic heterocycles. The van der Waals surface area contributed by atoms with Gasteiger partial charge >= 0.3 is 11.5 Å². The van der Waals surface area contributed by atoms with Crippen molar-refractivity contribution in [3.05, 3.63) is 33.9 Å². The van der Waals surface area contributed by atoms with E-state index < -0.39 is 18.1 Å². The highest BCUT2D eigenvalue weighted by molar-refractivity contribution is 8.13. The van der Waals surface area contributed by atoms with Crippen LogP contribution in [0.25, 0.3) is 5.57 Å². The number of thioether (sulfide) groups is 1. The van der Waals surface area contributed by atoms with Crippen LogP contribution >= 0.6 is 23.4 Å². The van der Waals surface area contributed by atoms with E-state index in [4.69, 9.17) is 21.4 Å². The van der Waals surface area contributed by atoms with Crippen LogP contribution in [0, 0.1) is 23.7 Å². The quantitative estimate of drug-likeness (QED) is 0.499. The molecule has 0 spiro atoms. The van der Waals surface area contributed by atoms with Gasteiger partial charge in [0.25, 0.3) is 0 Å². The number of allylic oxidation sites excluding steroid dienone is 2. The van der Waals surface area contributed by atoms with Crippen LogP contribution in [0.5, 0.6) is 5.75 Å². The second-order valence-electron chi connectivity index (χ2n) is 7.45. The Bertz CT molecular complexity index is 991. The Labute approximate surface area is 187 Å². The lowest BCUT2D eigenvalue weighted by atomic mass is 9.78. The van der Waals surface area contributed by atoms with Gasteiger partial charge in [-0.2, -0.15) is 13.2 Å². The Hall–Kier alpha value is -2.11. The standard InChI is InChI=1S/C22H20ClF3O4S/c1-2-3-12-8-16(23)19(17(9-12)30-11-22(24,25)26)18-15(6-7-31-21(28)29)13-4-5-14(10-13)20(18)27/h8-9,13-14H,4-7,10-11H2,1H3,(H,28,29). The molecular formula is C22H20ClF3O4S. The second kappa shape index (κ2) is 9.58. The molecule has 1 aromatic carbocycles. The minimum Gasteiger partial charge on any atom is -0.483 e. The first-order chi connectivity index (χ1) is 14.6. The average Bonchev–Trinajstić information content (AvgIpc) is 3.11. The van der Waals surface area contributed by atoms with Crippen molar-refractivity contribution in [3.63, 3.8) is 0 Å². The highest BCUT2D eigenvalue weighted by Gasteiger charge is 2.42. The molecule has 0 saturated heterocycles. The maximum absolute atomic E-state index is 13.3. The molecule has 166 valence electrons. The van der Waals surface area contributed by atoms with E-state index in [9.17, 15) is 22.8 Å². The van der Waals surface area contributed by atoms with Crippen LogP contribution in [0.4, 0.5) is 18.0 Å².